The van der Waals surface area contributed by atoms with Crippen molar-refractivity contribution in [3.05, 3.63) is 30.1 Å². The van der Waals surface area contributed by atoms with E-state index in [0.717, 1.165) is 44.6 Å². The third-order valence-electron chi connectivity index (χ3n) is 3.29. The van der Waals surface area contributed by atoms with Gasteiger partial charge in [0.05, 0.1) is 0 Å². The van der Waals surface area contributed by atoms with Crippen molar-refractivity contribution in [2.45, 2.75) is 25.7 Å². The van der Waals surface area contributed by atoms with Gasteiger partial charge in [-0.1, -0.05) is 0 Å². The first kappa shape index (κ1) is 13.0. The molecule has 0 spiro atoms. The molecule has 1 aromatic heterocycles. The number of nitrogens with one attached hydrogen (secondary N) is 1. The number of aromatic nitrogens is 1. The molecule has 1 fully saturated rings. The molecule has 0 aromatic carbocycles. The Labute approximate surface area is 108 Å². The summed E-state index contributed by atoms with van der Waals surface area (Å²) in [4.78, 5) is 15.6. The number of hydrogen-bond acceptors (Lipinski definition) is 3. The van der Waals surface area contributed by atoms with Crippen LogP contribution in [0, 0.1) is 5.92 Å². The van der Waals surface area contributed by atoms with Gasteiger partial charge in [0, 0.05) is 38.6 Å². The second-order valence-corrected chi connectivity index (χ2v) is 4.72. The molecule has 1 amide bonds. The van der Waals surface area contributed by atoms with Gasteiger partial charge in [-0.15, -0.1) is 0 Å². The van der Waals surface area contributed by atoms with Crippen LogP contribution in [0.15, 0.2) is 24.5 Å². The normalized spacial score (nSPS) is 18.8. The van der Waals surface area contributed by atoms with Crippen LogP contribution in [0.3, 0.4) is 0 Å². The average molecular weight is 248 g/mol. The smallest absolute Gasteiger partial charge is 0.220 e. The van der Waals surface area contributed by atoms with E-state index in [4.69, 9.17) is 4.74 Å². The molecule has 1 saturated heterocycles. The van der Waals surface area contributed by atoms with Crippen molar-refractivity contribution in [3.63, 3.8) is 0 Å². The minimum absolute atomic E-state index is 0.130. The fourth-order valence-corrected chi connectivity index (χ4v) is 2.12. The predicted octanol–water partition coefficient (Wildman–Crippen LogP) is 1.56. The zero-order chi connectivity index (χ0) is 12.6. The van der Waals surface area contributed by atoms with E-state index < -0.39 is 0 Å². The maximum atomic E-state index is 11.6. The molecule has 98 valence electrons. The summed E-state index contributed by atoms with van der Waals surface area (Å²) in [6, 6.07) is 3.90. The Kier molecular flexibility index (Phi) is 5.15. The Morgan fingerprint density at radius 3 is 3.00 bits per heavy atom. The number of rotatable bonds is 6. The number of pyridine rings is 1. The second-order valence-electron chi connectivity index (χ2n) is 4.72. The molecule has 0 aliphatic carbocycles. The van der Waals surface area contributed by atoms with Crippen molar-refractivity contribution in [2.24, 2.45) is 5.92 Å². The summed E-state index contributed by atoms with van der Waals surface area (Å²) in [5.74, 6) is 0.760. The first-order chi connectivity index (χ1) is 8.84. The molecule has 2 rings (SSSR count). The van der Waals surface area contributed by atoms with E-state index in [-0.39, 0.29) is 5.91 Å². The number of nitrogens with zero attached hydrogens (tertiary/aromatic N) is 1. The van der Waals surface area contributed by atoms with E-state index in [1.807, 2.05) is 12.1 Å². The van der Waals surface area contributed by atoms with E-state index in [1.54, 1.807) is 12.4 Å². The lowest BCUT2D eigenvalue weighted by molar-refractivity contribution is -0.121. The van der Waals surface area contributed by atoms with Gasteiger partial charge >= 0.3 is 0 Å². The molecule has 1 atom stereocenters. The number of ether oxygens (including phenoxy) is 1. The van der Waals surface area contributed by atoms with Crippen LogP contribution < -0.4 is 5.32 Å². The van der Waals surface area contributed by atoms with E-state index in [9.17, 15) is 4.79 Å². The van der Waals surface area contributed by atoms with E-state index in [1.165, 1.54) is 0 Å². The van der Waals surface area contributed by atoms with Crippen molar-refractivity contribution in [3.8, 4) is 0 Å². The molecule has 0 bridgehead atoms. The first-order valence-corrected chi connectivity index (χ1v) is 6.58. The van der Waals surface area contributed by atoms with Crippen LogP contribution in [0.5, 0.6) is 0 Å². The van der Waals surface area contributed by atoms with Crippen LogP contribution in [0.4, 0.5) is 0 Å². The van der Waals surface area contributed by atoms with Crippen LogP contribution in [0.25, 0.3) is 0 Å². The maximum Gasteiger partial charge on any atom is 0.220 e. The summed E-state index contributed by atoms with van der Waals surface area (Å²) in [6.07, 6.45) is 7.00. The molecular formula is C14H20N2O2. The Hall–Kier alpha value is -1.42. The van der Waals surface area contributed by atoms with Crippen LogP contribution in [0.1, 0.15) is 24.8 Å². The Bertz CT molecular complexity index is 361. The van der Waals surface area contributed by atoms with Crippen molar-refractivity contribution in [2.75, 3.05) is 19.8 Å². The molecule has 4 nitrogen and oxygen atoms in total. The molecule has 4 heteroatoms. The molecule has 1 aliphatic rings. The summed E-state index contributed by atoms with van der Waals surface area (Å²) < 4.78 is 5.30. The van der Waals surface area contributed by atoms with Crippen LogP contribution in [0.2, 0.25) is 0 Å². The predicted molar refractivity (Wildman–Crippen MR) is 69.1 cm³/mol. The highest BCUT2D eigenvalue weighted by molar-refractivity contribution is 5.76. The highest BCUT2D eigenvalue weighted by atomic mass is 16.5. The van der Waals surface area contributed by atoms with Gasteiger partial charge in [0.25, 0.3) is 0 Å². The monoisotopic (exact) mass is 248 g/mol. The quantitative estimate of drug-likeness (QED) is 0.831. The summed E-state index contributed by atoms with van der Waals surface area (Å²) in [7, 11) is 0. The molecule has 2 heterocycles. The maximum absolute atomic E-state index is 11.6. The minimum Gasteiger partial charge on any atom is -0.381 e. The molecule has 18 heavy (non-hydrogen) atoms. The van der Waals surface area contributed by atoms with Crippen LogP contribution >= 0.6 is 0 Å². The van der Waals surface area contributed by atoms with Gasteiger partial charge in [0.15, 0.2) is 0 Å². The lowest BCUT2D eigenvalue weighted by Crippen LogP contribution is -2.26. The standard InChI is InChI=1S/C14H20N2O2/c17-14(2-1-12-3-7-15-8-4-12)16-9-5-13-6-10-18-11-13/h3-4,7-8,13H,1-2,5-6,9-11H2,(H,16,17)/t13-/m1/s1. The minimum atomic E-state index is 0.130. The van der Waals surface area contributed by atoms with Gasteiger partial charge in [0.1, 0.15) is 0 Å². The fraction of sp³-hybridized carbons (Fsp3) is 0.571. The number of hydrogen-bond donors (Lipinski definition) is 1. The van der Waals surface area contributed by atoms with Crippen molar-refractivity contribution < 1.29 is 9.53 Å². The zero-order valence-electron chi connectivity index (χ0n) is 10.6. The molecule has 1 N–H and O–H groups in total. The van der Waals surface area contributed by atoms with Gasteiger partial charge in [0.2, 0.25) is 5.91 Å². The first-order valence-electron chi connectivity index (χ1n) is 6.58. The largest absolute Gasteiger partial charge is 0.381 e. The van der Waals surface area contributed by atoms with E-state index >= 15 is 0 Å². The third kappa shape index (κ3) is 4.45. The molecular weight excluding hydrogens is 228 g/mol. The zero-order valence-corrected chi connectivity index (χ0v) is 10.6. The molecule has 0 saturated carbocycles. The van der Waals surface area contributed by atoms with Gasteiger partial charge in [-0.3, -0.25) is 9.78 Å². The van der Waals surface area contributed by atoms with Crippen LogP contribution in [-0.2, 0) is 16.0 Å². The van der Waals surface area contributed by atoms with Gasteiger partial charge in [-0.25, -0.2) is 0 Å². The highest BCUT2D eigenvalue weighted by Gasteiger charge is 2.15. The number of aryl methyl sites for hydroxylation is 1. The van der Waals surface area contributed by atoms with E-state index in [0.29, 0.717) is 12.3 Å². The van der Waals surface area contributed by atoms with Crippen LogP contribution in [-0.4, -0.2) is 30.6 Å². The van der Waals surface area contributed by atoms with Crippen molar-refractivity contribution in [1.29, 1.82) is 0 Å². The third-order valence-corrected chi connectivity index (χ3v) is 3.29. The summed E-state index contributed by atoms with van der Waals surface area (Å²) >= 11 is 0. The average Bonchev–Trinajstić information content (AvgIpc) is 2.91. The van der Waals surface area contributed by atoms with Gasteiger partial charge < -0.3 is 10.1 Å². The highest BCUT2D eigenvalue weighted by Crippen LogP contribution is 2.15. The Morgan fingerprint density at radius 2 is 2.28 bits per heavy atom. The Balaban J connectivity index is 1.57. The summed E-state index contributed by atoms with van der Waals surface area (Å²) in [6.45, 7) is 2.50. The van der Waals surface area contributed by atoms with Crippen molar-refractivity contribution >= 4 is 5.91 Å². The lowest BCUT2D eigenvalue weighted by Gasteiger charge is -2.08. The van der Waals surface area contributed by atoms with Gasteiger partial charge in [-0.2, -0.15) is 0 Å². The number of carbonyl (C=O) groups is 1. The van der Waals surface area contributed by atoms with Gasteiger partial charge in [-0.05, 0) is 42.9 Å². The number of carbonyl (C=O) groups excluding carboxylic acids is 1. The van der Waals surface area contributed by atoms with E-state index in [2.05, 4.69) is 10.3 Å². The summed E-state index contributed by atoms with van der Waals surface area (Å²) in [5, 5.41) is 2.97. The fourth-order valence-electron chi connectivity index (χ4n) is 2.12. The SMILES string of the molecule is O=C(CCc1ccncc1)NCC[C@@H]1CCOC1. The summed E-state index contributed by atoms with van der Waals surface area (Å²) in [5.41, 5.74) is 1.16. The topological polar surface area (TPSA) is 51.2 Å². The molecule has 0 unspecified atom stereocenters. The second kappa shape index (κ2) is 7.11. The molecule has 0 radical (unpaired) electrons. The number of amides is 1. The Morgan fingerprint density at radius 1 is 1.44 bits per heavy atom. The lowest BCUT2D eigenvalue weighted by atomic mass is 10.1. The molecule has 1 aromatic rings. The molecule has 1 aliphatic heterocycles. The van der Waals surface area contributed by atoms with Crippen molar-refractivity contribution in [1.82, 2.24) is 10.3 Å².